The largest absolute Gasteiger partial charge is 0.437 e. The van der Waals surface area contributed by atoms with Crippen LogP contribution in [0, 0.1) is 6.92 Å². The number of benzene rings is 3. The van der Waals surface area contributed by atoms with Gasteiger partial charge in [-0.15, -0.1) is 0 Å². The molecule has 156 valence electrons. The molecule has 0 atom stereocenters. The molecule has 3 aromatic carbocycles. The van der Waals surface area contributed by atoms with Gasteiger partial charge in [0.25, 0.3) is 0 Å². The molecule has 0 amide bonds. The van der Waals surface area contributed by atoms with Gasteiger partial charge in [-0.1, -0.05) is 44.2 Å². The molecule has 0 N–H and O–H groups in total. The van der Waals surface area contributed by atoms with Crippen LogP contribution in [0.3, 0.4) is 0 Å². The molecule has 3 heterocycles. The molecule has 3 aromatic heterocycles. The molecule has 3 nitrogen and oxygen atoms in total. The fourth-order valence-corrected chi connectivity index (χ4v) is 4.84. The lowest BCUT2D eigenvalue weighted by Gasteiger charge is -2.11. The Bertz CT molecular complexity index is 1670. The van der Waals surface area contributed by atoms with Gasteiger partial charge in [0.15, 0.2) is 6.20 Å². The molecule has 32 heavy (non-hydrogen) atoms. The number of furan rings is 1. The van der Waals surface area contributed by atoms with Crippen molar-refractivity contribution in [1.82, 2.24) is 4.98 Å². The van der Waals surface area contributed by atoms with Crippen LogP contribution in [0.4, 0.5) is 0 Å². The topological polar surface area (TPSA) is 29.9 Å². The molecule has 0 radical (unpaired) electrons. The van der Waals surface area contributed by atoms with Crippen molar-refractivity contribution in [2.45, 2.75) is 26.7 Å². The highest BCUT2D eigenvalue weighted by molar-refractivity contribution is 6.10. The predicted molar refractivity (Wildman–Crippen MR) is 132 cm³/mol. The molecule has 0 spiro atoms. The van der Waals surface area contributed by atoms with Crippen molar-refractivity contribution in [3.05, 3.63) is 84.1 Å². The lowest BCUT2D eigenvalue weighted by Crippen LogP contribution is -2.30. The number of hydrogen-bond donors (Lipinski definition) is 0. The molecule has 6 aromatic rings. The summed E-state index contributed by atoms with van der Waals surface area (Å²) in [6.07, 6.45) is 2.15. The Balaban J connectivity index is 1.63. The fraction of sp³-hybridized carbons (Fsp3) is 0.172. The summed E-state index contributed by atoms with van der Waals surface area (Å²) < 4.78 is 8.54. The van der Waals surface area contributed by atoms with Crippen LogP contribution in [0.2, 0.25) is 0 Å². The van der Waals surface area contributed by atoms with Crippen LogP contribution in [0.25, 0.3) is 55.0 Å². The van der Waals surface area contributed by atoms with Crippen LogP contribution in [0.5, 0.6) is 0 Å². The molecular formula is C29H25N2O+. The smallest absolute Gasteiger partial charge is 0.227 e. The summed E-state index contributed by atoms with van der Waals surface area (Å²) in [5, 5.41) is 5.83. The average Bonchev–Trinajstić information content (AvgIpc) is 3.16. The van der Waals surface area contributed by atoms with Crippen molar-refractivity contribution >= 4 is 43.7 Å². The standard InChI is InChI=1S/C29H25N2O/c1-17(2)19-9-10-23-20(15-19)13-14-31(4)27(23)22-11-12-24-25-16-21-7-5-6-8-26(21)30-29(25)32-28(24)18(22)3/h5-17H,1-4H3/q+1. The van der Waals surface area contributed by atoms with Gasteiger partial charge in [0.05, 0.1) is 16.5 Å². The highest BCUT2D eigenvalue weighted by Crippen LogP contribution is 2.37. The number of aryl methyl sites for hydroxylation is 2. The van der Waals surface area contributed by atoms with Crippen LogP contribution in [-0.2, 0) is 7.05 Å². The zero-order valence-corrected chi connectivity index (χ0v) is 18.8. The predicted octanol–water partition coefficient (Wildman–Crippen LogP) is 7.21. The minimum Gasteiger partial charge on any atom is -0.437 e. The van der Waals surface area contributed by atoms with Crippen molar-refractivity contribution in [2.24, 2.45) is 7.05 Å². The number of nitrogens with zero attached hydrogens (tertiary/aromatic N) is 2. The van der Waals surface area contributed by atoms with Crippen molar-refractivity contribution in [2.75, 3.05) is 0 Å². The van der Waals surface area contributed by atoms with E-state index in [9.17, 15) is 0 Å². The Hall–Kier alpha value is -3.72. The first-order valence-corrected chi connectivity index (χ1v) is 11.2. The van der Waals surface area contributed by atoms with Gasteiger partial charge in [-0.2, -0.15) is 0 Å². The Kier molecular flexibility index (Phi) is 4.09. The van der Waals surface area contributed by atoms with Crippen molar-refractivity contribution in [1.29, 1.82) is 0 Å². The second-order valence-electron chi connectivity index (χ2n) is 9.03. The third-order valence-corrected chi connectivity index (χ3v) is 6.67. The Labute approximate surface area is 186 Å². The molecule has 3 heteroatoms. The quantitative estimate of drug-likeness (QED) is 0.279. The second kappa shape index (κ2) is 6.89. The summed E-state index contributed by atoms with van der Waals surface area (Å²) in [6, 6.07) is 23.8. The molecule has 0 aliphatic carbocycles. The van der Waals surface area contributed by atoms with Crippen LogP contribution in [0.15, 0.2) is 77.3 Å². The number of aromatic nitrogens is 2. The molecule has 0 aliphatic rings. The van der Waals surface area contributed by atoms with E-state index >= 15 is 0 Å². The summed E-state index contributed by atoms with van der Waals surface area (Å²) in [7, 11) is 2.11. The monoisotopic (exact) mass is 417 g/mol. The van der Waals surface area contributed by atoms with E-state index in [2.05, 4.69) is 87.1 Å². The molecule has 0 bridgehead atoms. The molecule has 0 saturated heterocycles. The van der Waals surface area contributed by atoms with Crippen LogP contribution >= 0.6 is 0 Å². The van der Waals surface area contributed by atoms with E-state index in [-0.39, 0.29) is 0 Å². The molecule has 0 aliphatic heterocycles. The van der Waals surface area contributed by atoms with Gasteiger partial charge < -0.3 is 4.42 Å². The summed E-state index contributed by atoms with van der Waals surface area (Å²) in [4.78, 5) is 4.78. The van der Waals surface area contributed by atoms with Crippen LogP contribution in [-0.4, -0.2) is 4.98 Å². The third kappa shape index (κ3) is 2.74. The van der Waals surface area contributed by atoms with E-state index in [0.717, 1.165) is 32.8 Å². The zero-order valence-electron chi connectivity index (χ0n) is 18.8. The average molecular weight is 418 g/mol. The van der Waals surface area contributed by atoms with Gasteiger partial charge >= 0.3 is 0 Å². The third-order valence-electron chi connectivity index (χ3n) is 6.67. The van der Waals surface area contributed by atoms with E-state index in [4.69, 9.17) is 9.40 Å². The Morgan fingerprint density at radius 1 is 0.844 bits per heavy atom. The molecule has 6 rings (SSSR count). The fourth-order valence-electron chi connectivity index (χ4n) is 4.84. The van der Waals surface area contributed by atoms with Gasteiger partial charge in [0, 0.05) is 27.8 Å². The van der Waals surface area contributed by atoms with Crippen molar-refractivity contribution in [3.8, 4) is 11.3 Å². The number of pyridine rings is 2. The normalized spacial score (nSPS) is 12.0. The molecule has 0 unspecified atom stereocenters. The van der Waals surface area contributed by atoms with Gasteiger partial charge in [-0.3, -0.25) is 0 Å². The van der Waals surface area contributed by atoms with E-state index in [0.29, 0.717) is 11.6 Å². The highest BCUT2D eigenvalue weighted by Gasteiger charge is 2.21. The lowest BCUT2D eigenvalue weighted by atomic mass is 9.95. The Morgan fingerprint density at radius 3 is 2.50 bits per heavy atom. The minimum absolute atomic E-state index is 0.508. The maximum atomic E-state index is 6.34. The van der Waals surface area contributed by atoms with Crippen molar-refractivity contribution in [3.63, 3.8) is 0 Å². The van der Waals surface area contributed by atoms with Crippen LogP contribution in [0.1, 0.15) is 30.9 Å². The second-order valence-corrected chi connectivity index (χ2v) is 9.03. The highest BCUT2D eigenvalue weighted by atomic mass is 16.3. The van der Waals surface area contributed by atoms with Gasteiger partial charge in [-0.25, -0.2) is 9.55 Å². The van der Waals surface area contributed by atoms with Crippen molar-refractivity contribution < 1.29 is 8.98 Å². The minimum atomic E-state index is 0.508. The first-order chi connectivity index (χ1) is 15.5. The number of rotatable bonds is 2. The Morgan fingerprint density at radius 2 is 1.66 bits per heavy atom. The summed E-state index contributed by atoms with van der Waals surface area (Å²) in [5.74, 6) is 0.508. The molecule has 0 saturated carbocycles. The molecule has 0 fully saturated rings. The maximum Gasteiger partial charge on any atom is 0.227 e. The van der Waals surface area contributed by atoms with E-state index in [1.165, 1.54) is 27.6 Å². The molecular weight excluding hydrogens is 392 g/mol. The zero-order chi connectivity index (χ0) is 22.0. The number of fused-ring (bicyclic) bond motifs is 5. The SMILES string of the molecule is Cc1c(-c2c3ccc(C(C)C)cc3cc[n+]2C)ccc2c1oc1nc3ccccc3cc12. The summed E-state index contributed by atoms with van der Waals surface area (Å²) in [5.41, 5.74) is 7.46. The summed E-state index contributed by atoms with van der Waals surface area (Å²) in [6.45, 7) is 6.63. The summed E-state index contributed by atoms with van der Waals surface area (Å²) >= 11 is 0. The van der Waals surface area contributed by atoms with Gasteiger partial charge in [0.1, 0.15) is 12.6 Å². The number of hydrogen-bond acceptors (Lipinski definition) is 2. The van der Waals surface area contributed by atoms with Gasteiger partial charge in [0.2, 0.25) is 11.4 Å². The van der Waals surface area contributed by atoms with E-state index in [1.807, 2.05) is 18.2 Å². The first kappa shape index (κ1) is 19.0. The van der Waals surface area contributed by atoms with Gasteiger partial charge in [-0.05, 0) is 54.1 Å². The first-order valence-electron chi connectivity index (χ1n) is 11.2. The van der Waals surface area contributed by atoms with E-state index < -0.39 is 0 Å². The number of para-hydroxylation sites is 1. The van der Waals surface area contributed by atoms with Crippen LogP contribution < -0.4 is 4.57 Å². The maximum absolute atomic E-state index is 6.34. The lowest BCUT2D eigenvalue weighted by molar-refractivity contribution is -0.659. The van der Waals surface area contributed by atoms with E-state index in [1.54, 1.807) is 0 Å².